The molecule has 0 aliphatic heterocycles. The Balaban J connectivity index is 1.85. The molecule has 2 N–H and O–H groups in total. The molecule has 1 heterocycles. The van der Waals surface area contributed by atoms with Gasteiger partial charge in [-0.25, -0.2) is 4.79 Å². The molecule has 5 heteroatoms. The normalized spacial score (nSPS) is 11.9. The van der Waals surface area contributed by atoms with Gasteiger partial charge in [0, 0.05) is 19.7 Å². The number of amides is 2. The second-order valence-electron chi connectivity index (χ2n) is 4.94. The number of carbonyl (C=O) groups is 1. The fraction of sp³-hybridized carbons (Fsp3) is 0.333. The lowest BCUT2D eigenvalue weighted by Crippen LogP contribution is -2.32. The lowest BCUT2D eigenvalue weighted by Gasteiger charge is -2.13. The number of urea groups is 1. The summed E-state index contributed by atoms with van der Waals surface area (Å²) in [7, 11) is 1.80. The Morgan fingerprint density at radius 2 is 2.05 bits per heavy atom. The molecule has 2 aromatic rings. The highest BCUT2D eigenvalue weighted by Gasteiger charge is 2.09. The van der Waals surface area contributed by atoms with Crippen molar-refractivity contribution in [2.24, 2.45) is 7.05 Å². The van der Waals surface area contributed by atoms with Gasteiger partial charge in [0.2, 0.25) is 0 Å². The van der Waals surface area contributed by atoms with E-state index in [1.54, 1.807) is 11.7 Å². The molecule has 0 radical (unpaired) electrons. The SMILES string of the molecule is Cc1cc(NC(=O)NC[C@H](C)c2ccccc2)n(C)n1. The third-order valence-electron chi connectivity index (χ3n) is 3.18. The van der Waals surface area contributed by atoms with Crippen molar-refractivity contribution in [2.45, 2.75) is 19.8 Å². The third-order valence-corrected chi connectivity index (χ3v) is 3.18. The van der Waals surface area contributed by atoms with Gasteiger partial charge in [-0.3, -0.25) is 10.00 Å². The molecule has 2 amide bonds. The van der Waals surface area contributed by atoms with Crippen molar-refractivity contribution in [1.29, 1.82) is 0 Å². The topological polar surface area (TPSA) is 59.0 Å². The molecule has 5 nitrogen and oxygen atoms in total. The second-order valence-corrected chi connectivity index (χ2v) is 4.94. The number of rotatable bonds is 4. The standard InChI is InChI=1S/C15H20N4O/c1-11(13-7-5-4-6-8-13)10-16-15(20)17-14-9-12(2)18-19(14)3/h4-9,11H,10H2,1-3H3,(H2,16,17,20)/t11-/m0/s1. The molecule has 0 aliphatic carbocycles. The number of aromatic nitrogens is 2. The van der Waals surface area contributed by atoms with Crippen LogP contribution in [0.2, 0.25) is 0 Å². The molecule has 106 valence electrons. The first-order chi connectivity index (χ1) is 9.56. The number of nitrogens with zero attached hydrogens (tertiary/aromatic N) is 2. The first-order valence-corrected chi connectivity index (χ1v) is 6.66. The summed E-state index contributed by atoms with van der Waals surface area (Å²) in [5.74, 6) is 0.961. The number of aryl methyl sites for hydroxylation is 2. The molecule has 2 rings (SSSR count). The Labute approximate surface area is 119 Å². The lowest BCUT2D eigenvalue weighted by atomic mass is 10.0. The van der Waals surface area contributed by atoms with Crippen LogP contribution in [0.25, 0.3) is 0 Å². The van der Waals surface area contributed by atoms with Gasteiger partial charge in [-0.15, -0.1) is 0 Å². The molecule has 0 saturated carbocycles. The number of carbonyl (C=O) groups excluding carboxylic acids is 1. The van der Waals surface area contributed by atoms with E-state index in [0.29, 0.717) is 12.4 Å². The van der Waals surface area contributed by atoms with E-state index in [1.165, 1.54) is 5.56 Å². The van der Waals surface area contributed by atoms with E-state index in [9.17, 15) is 4.79 Å². The van der Waals surface area contributed by atoms with Gasteiger partial charge in [0.05, 0.1) is 5.69 Å². The number of anilines is 1. The largest absolute Gasteiger partial charge is 0.337 e. The zero-order valence-electron chi connectivity index (χ0n) is 12.1. The summed E-state index contributed by atoms with van der Waals surface area (Å²) in [5.41, 5.74) is 2.09. The van der Waals surface area contributed by atoms with Gasteiger partial charge in [-0.05, 0) is 18.4 Å². The van der Waals surface area contributed by atoms with Crippen molar-refractivity contribution < 1.29 is 4.79 Å². The first-order valence-electron chi connectivity index (χ1n) is 6.66. The van der Waals surface area contributed by atoms with Crippen LogP contribution >= 0.6 is 0 Å². The number of hydrogen-bond acceptors (Lipinski definition) is 2. The van der Waals surface area contributed by atoms with Crippen LogP contribution < -0.4 is 10.6 Å². The van der Waals surface area contributed by atoms with Gasteiger partial charge in [0.1, 0.15) is 5.82 Å². The minimum Gasteiger partial charge on any atom is -0.337 e. The fourth-order valence-corrected chi connectivity index (χ4v) is 2.03. The van der Waals surface area contributed by atoms with Crippen molar-refractivity contribution in [1.82, 2.24) is 15.1 Å². The number of nitrogens with one attached hydrogen (secondary N) is 2. The minimum absolute atomic E-state index is 0.212. The Morgan fingerprint density at radius 3 is 2.65 bits per heavy atom. The van der Waals surface area contributed by atoms with Gasteiger partial charge in [0.25, 0.3) is 0 Å². The summed E-state index contributed by atoms with van der Waals surface area (Å²) in [5, 5.41) is 9.84. The minimum atomic E-state index is -0.212. The van der Waals surface area contributed by atoms with Crippen LogP contribution in [-0.4, -0.2) is 22.4 Å². The highest BCUT2D eigenvalue weighted by Crippen LogP contribution is 2.13. The highest BCUT2D eigenvalue weighted by molar-refractivity contribution is 5.88. The van der Waals surface area contributed by atoms with Crippen molar-refractivity contribution >= 4 is 11.8 Å². The Hall–Kier alpha value is -2.30. The average Bonchev–Trinajstić information content (AvgIpc) is 2.75. The average molecular weight is 272 g/mol. The molecule has 0 unspecified atom stereocenters. The van der Waals surface area contributed by atoms with Gasteiger partial charge >= 0.3 is 6.03 Å². The number of benzene rings is 1. The summed E-state index contributed by atoms with van der Waals surface area (Å²) in [6.07, 6.45) is 0. The van der Waals surface area contributed by atoms with Crippen LogP contribution in [0.1, 0.15) is 24.1 Å². The molecular formula is C15H20N4O. The smallest absolute Gasteiger partial charge is 0.320 e. The van der Waals surface area contributed by atoms with Crippen molar-refractivity contribution in [3.05, 3.63) is 47.7 Å². The Kier molecular flexibility index (Phi) is 4.40. The van der Waals surface area contributed by atoms with Crippen LogP contribution in [-0.2, 0) is 7.05 Å². The quantitative estimate of drug-likeness (QED) is 0.899. The molecule has 0 spiro atoms. The second kappa shape index (κ2) is 6.23. The van der Waals surface area contributed by atoms with Gasteiger partial charge in [-0.1, -0.05) is 37.3 Å². The Bertz CT molecular complexity index is 577. The lowest BCUT2D eigenvalue weighted by molar-refractivity contribution is 0.251. The molecule has 0 bridgehead atoms. The molecular weight excluding hydrogens is 252 g/mol. The molecule has 0 aliphatic rings. The van der Waals surface area contributed by atoms with Gasteiger partial charge < -0.3 is 5.32 Å². The van der Waals surface area contributed by atoms with Crippen molar-refractivity contribution in [3.63, 3.8) is 0 Å². The maximum atomic E-state index is 11.8. The van der Waals surface area contributed by atoms with E-state index in [1.807, 2.05) is 31.2 Å². The van der Waals surface area contributed by atoms with E-state index in [2.05, 4.69) is 34.8 Å². The van der Waals surface area contributed by atoms with Crippen LogP contribution in [0, 0.1) is 6.92 Å². The van der Waals surface area contributed by atoms with Gasteiger partial charge in [0.15, 0.2) is 0 Å². The van der Waals surface area contributed by atoms with Gasteiger partial charge in [-0.2, -0.15) is 5.10 Å². The van der Waals surface area contributed by atoms with Crippen LogP contribution in [0.15, 0.2) is 36.4 Å². The maximum Gasteiger partial charge on any atom is 0.320 e. The molecule has 20 heavy (non-hydrogen) atoms. The Morgan fingerprint density at radius 1 is 1.35 bits per heavy atom. The summed E-state index contributed by atoms with van der Waals surface area (Å²) in [6, 6.07) is 11.7. The predicted octanol–water partition coefficient (Wildman–Crippen LogP) is 2.65. The molecule has 0 fully saturated rings. The van der Waals surface area contributed by atoms with Crippen LogP contribution in [0.3, 0.4) is 0 Å². The molecule has 1 aromatic carbocycles. The highest BCUT2D eigenvalue weighted by atomic mass is 16.2. The molecule has 1 aromatic heterocycles. The molecule has 0 saturated heterocycles. The summed E-state index contributed by atoms with van der Waals surface area (Å²) in [4.78, 5) is 11.8. The van der Waals surface area contributed by atoms with Crippen LogP contribution in [0.4, 0.5) is 10.6 Å². The van der Waals surface area contributed by atoms with E-state index >= 15 is 0 Å². The van der Waals surface area contributed by atoms with Crippen molar-refractivity contribution in [3.8, 4) is 0 Å². The molecule has 1 atom stereocenters. The van der Waals surface area contributed by atoms with Crippen molar-refractivity contribution in [2.75, 3.05) is 11.9 Å². The summed E-state index contributed by atoms with van der Waals surface area (Å²) >= 11 is 0. The predicted molar refractivity (Wildman–Crippen MR) is 79.8 cm³/mol. The van der Waals surface area contributed by atoms with E-state index in [-0.39, 0.29) is 11.9 Å². The zero-order chi connectivity index (χ0) is 14.5. The number of hydrogen-bond donors (Lipinski definition) is 2. The maximum absolute atomic E-state index is 11.8. The van der Waals surface area contributed by atoms with Crippen LogP contribution in [0.5, 0.6) is 0 Å². The first kappa shape index (κ1) is 14.1. The fourth-order valence-electron chi connectivity index (χ4n) is 2.03. The monoisotopic (exact) mass is 272 g/mol. The summed E-state index contributed by atoms with van der Waals surface area (Å²) < 4.78 is 1.65. The zero-order valence-corrected chi connectivity index (χ0v) is 12.1. The van der Waals surface area contributed by atoms with E-state index in [0.717, 1.165) is 5.69 Å². The van der Waals surface area contributed by atoms with E-state index in [4.69, 9.17) is 0 Å². The van der Waals surface area contributed by atoms with E-state index < -0.39 is 0 Å². The third kappa shape index (κ3) is 3.60. The summed E-state index contributed by atoms with van der Waals surface area (Å²) in [6.45, 7) is 4.57.